The molecule has 0 aromatic rings. The number of hydrogen-bond acceptors (Lipinski definition) is 6. The van der Waals surface area contributed by atoms with Crippen molar-refractivity contribution in [1.29, 1.82) is 0 Å². The highest BCUT2D eigenvalue weighted by Crippen LogP contribution is 2.52. The highest BCUT2D eigenvalue weighted by Gasteiger charge is 2.58. The molecule has 124 valence electrons. The highest BCUT2D eigenvalue weighted by atomic mass is 16.6. The van der Waals surface area contributed by atoms with Crippen molar-refractivity contribution in [3.63, 3.8) is 0 Å². The molecule has 1 N–H and O–H groups in total. The number of aliphatic hydroxyl groups is 1. The Balaban J connectivity index is 2.42. The van der Waals surface area contributed by atoms with Crippen molar-refractivity contribution in [2.75, 3.05) is 6.61 Å². The smallest absolute Gasteiger partial charge is 0.334 e. The molecule has 0 spiro atoms. The summed E-state index contributed by atoms with van der Waals surface area (Å²) in [6.45, 7) is 12.4. The molecular formula is C17H20O6. The predicted molar refractivity (Wildman–Crippen MR) is 81.1 cm³/mol. The molecule has 5 atom stereocenters. The van der Waals surface area contributed by atoms with Crippen molar-refractivity contribution >= 4 is 18.2 Å². The third-order valence-corrected chi connectivity index (χ3v) is 4.65. The molecule has 0 amide bonds. The summed E-state index contributed by atoms with van der Waals surface area (Å²) in [5.74, 6) is -2.35. The Morgan fingerprint density at radius 3 is 2.74 bits per heavy atom. The van der Waals surface area contributed by atoms with Gasteiger partial charge in [0.15, 0.2) is 0 Å². The van der Waals surface area contributed by atoms with E-state index in [9.17, 15) is 19.5 Å². The van der Waals surface area contributed by atoms with Crippen molar-refractivity contribution in [3.8, 4) is 0 Å². The normalized spacial score (nSPS) is 35.9. The number of aldehydes is 1. The Hall–Kier alpha value is -2.21. The van der Waals surface area contributed by atoms with Crippen LogP contribution in [-0.2, 0) is 23.9 Å². The molecule has 2 fully saturated rings. The summed E-state index contributed by atoms with van der Waals surface area (Å²) < 4.78 is 10.3. The van der Waals surface area contributed by atoms with Gasteiger partial charge >= 0.3 is 11.9 Å². The SMILES string of the molecule is C=CC1(C=O)CC(O)C2C(=C)C(=O)OC2C1C(=C)COC(C)=O. The molecule has 23 heavy (non-hydrogen) atoms. The van der Waals surface area contributed by atoms with Gasteiger partial charge in [0.1, 0.15) is 19.0 Å². The van der Waals surface area contributed by atoms with E-state index in [1.165, 1.54) is 13.0 Å². The largest absolute Gasteiger partial charge is 0.461 e. The van der Waals surface area contributed by atoms with E-state index >= 15 is 0 Å². The lowest BCUT2D eigenvalue weighted by Crippen LogP contribution is -2.52. The van der Waals surface area contributed by atoms with E-state index < -0.39 is 41.4 Å². The van der Waals surface area contributed by atoms with Crippen molar-refractivity contribution in [2.45, 2.75) is 25.6 Å². The highest BCUT2D eigenvalue weighted by molar-refractivity contribution is 5.91. The third kappa shape index (κ3) is 2.74. The van der Waals surface area contributed by atoms with E-state index in [0.717, 1.165) is 0 Å². The van der Waals surface area contributed by atoms with Gasteiger partial charge in [0.25, 0.3) is 0 Å². The van der Waals surface area contributed by atoms with E-state index in [2.05, 4.69) is 19.7 Å². The molecule has 1 aliphatic heterocycles. The molecule has 0 bridgehead atoms. The summed E-state index contributed by atoms with van der Waals surface area (Å²) in [4.78, 5) is 34.6. The van der Waals surface area contributed by atoms with Crippen LogP contribution in [0.15, 0.2) is 37.0 Å². The average molecular weight is 320 g/mol. The summed E-state index contributed by atoms with van der Waals surface area (Å²) in [7, 11) is 0. The Morgan fingerprint density at radius 2 is 2.22 bits per heavy atom. The first kappa shape index (κ1) is 17.1. The van der Waals surface area contributed by atoms with E-state index in [1.807, 2.05) is 0 Å². The summed E-state index contributed by atoms with van der Waals surface area (Å²) in [6, 6.07) is 0. The number of carbonyl (C=O) groups excluding carboxylic acids is 3. The Morgan fingerprint density at radius 1 is 1.57 bits per heavy atom. The minimum Gasteiger partial charge on any atom is -0.461 e. The van der Waals surface area contributed by atoms with Crippen molar-refractivity contribution in [3.05, 3.63) is 37.0 Å². The minimum atomic E-state index is -1.15. The number of ether oxygens (including phenoxy) is 2. The summed E-state index contributed by atoms with van der Waals surface area (Å²) >= 11 is 0. The molecule has 0 radical (unpaired) electrons. The first-order chi connectivity index (χ1) is 10.8. The van der Waals surface area contributed by atoms with Gasteiger partial charge in [-0.1, -0.05) is 19.2 Å². The van der Waals surface area contributed by atoms with E-state index in [1.54, 1.807) is 0 Å². The van der Waals surface area contributed by atoms with Crippen LogP contribution in [0.25, 0.3) is 0 Å². The molecule has 2 aliphatic rings. The molecule has 0 aromatic carbocycles. The van der Waals surface area contributed by atoms with Gasteiger partial charge in [0, 0.05) is 18.4 Å². The van der Waals surface area contributed by atoms with E-state index in [-0.39, 0.29) is 18.6 Å². The van der Waals surface area contributed by atoms with Crippen LogP contribution in [0, 0.1) is 17.3 Å². The van der Waals surface area contributed by atoms with E-state index in [4.69, 9.17) is 9.47 Å². The van der Waals surface area contributed by atoms with Crippen LogP contribution >= 0.6 is 0 Å². The van der Waals surface area contributed by atoms with Crippen molar-refractivity contribution in [1.82, 2.24) is 0 Å². The number of carbonyl (C=O) groups is 3. The minimum absolute atomic E-state index is 0.0700. The maximum atomic E-state index is 11.8. The first-order valence-electron chi connectivity index (χ1n) is 7.26. The van der Waals surface area contributed by atoms with Gasteiger partial charge in [0.05, 0.1) is 17.4 Å². The number of allylic oxidation sites excluding steroid dienone is 1. The number of rotatable bonds is 5. The lowest BCUT2D eigenvalue weighted by Gasteiger charge is -2.46. The fraction of sp³-hybridized carbons (Fsp3) is 0.471. The summed E-state index contributed by atoms with van der Waals surface area (Å²) in [5, 5.41) is 10.4. The van der Waals surface area contributed by atoms with Crippen LogP contribution in [0.4, 0.5) is 0 Å². The molecule has 6 heteroatoms. The van der Waals surface area contributed by atoms with Gasteiger partial charge in [-0.25, -0.2) is 4.79 Å². The number of aliphatic hydroxyl groups excluding tert-OH is 1. The van der Waals surface area contributed by atoms with Crippen LogP contribution in [0.5, 0.6) is 0 Å². The van der Waals surface area contributed by atoms with Gasteiger partial charge < -0.3 is 19.4 Å². The molecule has 2 rings (SSSR count). The molecule has 5 unspecified atom stereocenters. The van der Waals surface area contributed by atoms with Gasteiger partial charge in [-0.05, 0) is 12.0 Å². The molecule has 1 heterocycles. The summed E-state index contributed by atoms with van der Waals surface area (Å²) in [6.07, 6.45) is 0.432. The predicted octanol–water partition coefficient (Wildman–Crippen LogP) is 0.956. The second-order valence-corrected chi connectivity index (χ2v) is 6.04. The maximum absolute atomic E-state index is 11.8. The standard InChI is InChI=1S/C17H20O6/c1-5-17(8-18)6-12(20)13-10(3)16(21)23-15(13)14(17)9(2)7-22-11(4)19/h5,8,12-15,20H,1-3,6-7H2,4H3. The van der Waals surface area contributed by atoms with Crippen LogP contribution in [-0.4, -0.2) is 42.1 Å². The van der Waals surface area contributed by atoms with Gasteiger partial charge in [-0.3, -0.25) is 4.79 Å². The Bertz CT molecular complexity index is 582. The number of hydrogen-bond donors (Lipinski definition) is 1. The zero-order valence-electron chi connectivity index (χ0n) is 13.0. The zero-order valence-corrected chi connectivity index (χ0v) is 13.0. The number of esters is 2. The lowest BCUT2D eigenvalue weighted by molar-refractivity contribution is -0.150. The molecule has 1 saturated carbocycles. The van der Waals surface area contributed by atoms with Crippen molar-refractivity contribution in [2.24, 2.45) is 17.3 Å². The van der Waals surface area contributed by atoms with Crippen LogP contribution in [0.2, 0.25) is 0 Å². The first-order valence-corrected chi connectivity index (χ1v) is 7.26. The fourth-order valence-corrected chi connectivity index (χ4v) is 3.53. The Kier molecular flexibility index (Phi) is 4.56. The third-order valence-electron chi connectivity index (χ3n) is 4.65. The monoisotopic (exact) mass is 320 g/mol. The molecule has 1 saturated heterocycles. The number of fused-ring (bicyclic) bond motifs is 1. The van der Waals surface area contributed by atoms with Crippen LogP contribution < -0.4 is 0 Å². The van der Waals surface area contributed by atoms with Gasteiger partial charge in [-0.2, -0.15) is 0 Å². The second kappa shape index (κ2) is 6.12. The van der Waals surface area contributed by atoms with Crippen LogP contribution in [0.3, 0.4) is 0 Å². The molecule has 6 nitrogen and oxygen atoms in total. The summed E-state index contributed by atoms with van der Waals surface area (Å²) in [5.41, 5.74) is -0.546. The van der Waals surface area contributed by atoms with E-state index in [0.29, 0.717) is 11.9 Å². The maximum Gasteiger partial charge on any atom is 0.334 e. The fourth-order valence-electron chi connectivity index (χ4n) is 3.53. The van der Waals surface area contributed by atoms with Crippen molar-refractivity contribution < 1.29 is 29.0 Å². The zero-order chi connectivity index (χ0) is 17.4. The average Bonchev–Trinajstić information content (AvgIpc) is 2.80. The topological polar surface area (TPSA) is 89.9 Å². The molecular weight excluding hydrogens is 300 g/mol. The second-order valence-electron chi connectivity index (χ2n) is 6.04. The molecule has 1 aliphatic carbocycles. The molecule has 0 aromatic heterocycles. The Labute approximate surface area is 134 Å². The quantitative estimate of drug-likeness (QED) is 0.351. The lowest BCUT2D eigenvalue weighted by atomic mass is 9.59. The van der Waals surface area contributed by atoms with Crippen LogP contribution in [0.1, 0.15) is 13.3 Å². The van der Waals surface area contributed by atoms with Gasteiger partial charge in [0.2, 0.25) is 0 Å². The van der Waals surface area contributed by atoms with Gasteiger partial charge in [-0.15, -0.1) is 6.58 Å².